The van der Waals surface area contributed by atoms with Gasteiger partial charge in [-0.25, -0.2) is 4.39 Å². The van der Waals surface area contributed by atoms with E-state index in [2.05, 4.69) is 10.1 Å². The van der Waals surface area contributed by atoms with Gasteiger partial charge in [0, 0.05) is 11.3 Å². The fourth-order valence-corrected chi connectivity index (χ4v) is 2.10. The minimum absolute atomic E-state index is 0.101. The predicted octanol–water partition coefficient (Wildman–Crippen LogP) is 2.58. The summed E-state index contributed by atoms with van der Waals surface area (Å²) < 4.78 is 17.8. The Morgan fingerprint density at radius 2 is 2.11 bits per heavy atom. The summed E-state index contributed by atoms with van der Waals surface area (Å²) in [6.45, 7) is 0. The molecule has 1 aromatic carbocycles. The minimum atomic E-state index is -0.829. The van der Waals surface area contributed by atoms with Crippen LogP contribution in [0.1, 0.15) is 12.3 Å². The second-order valence-corrected chi connectivity index (χ2v) is 4.82. The quantitative estimate of drug-likeness (QED) is 0.821. The lowest BCUT2D eigenvalue weighted by Gasteiger charge is -1.94. The fourth-order valence-electron chi connectivity index (χ4n) is 1.35. The molecule has 100 valence electrons. The van der Waals surface area contributed by atoms with Crippen molar-refractivity contribution >= 4 is 17.7 Å². The summed E-state index contributed by atoms with van der Waals surface area (Å²) in [7, 11) is 0. The zero-order chi connectivity index (χ0) is 13.7. The molecule has 0 unspecified atom stereocenters. The van der Waals surface area contributed by atoms with Crippen LogP contribution >= 0.6 is 11.8 Å². The van der Waals surface area contributed by atoms with Crippen LogP contribution in [-0.4, -0.2) is 27.0 Å². The van der Waals surface area contributed by atoms with Gasteiger partial charge < -0.3 is 9.63 Å². The van der Waals surface area contributed by atoms with Crippen LogP contribution in [-0.2, 0) is 10.5 Å². The maximum atomic E-state index is 12.8. The summed E-state index contributed by atoms with van der Waals surface area (Å²) in [6.07, 6.45) is 0.101. The van der Waals surface area contributed by atoms with E-state index in [0.29, 0.717) is 28.8 Å². The molecule has 0 radical (unpaired) electrons. The van der Waals surface area contributed by atoms with E-state index in [1.165, 1.54) is 23.9 Å². The number of carboxylic acids is 1. The summed E-state index contributed by atoms with van der Waals surface area (Å²) >= 11 is 1.41. The largest absolute Gasteiger partial charge is 0.481 e. The molecule has 7 heteroatoms. The molecule has 1 aromatic heterocycles. The highest BCUT2D eigenvalue weighted by molar-refractivity contribution is 7.98. The predicted molar refractivity (Wildman–Crippen MR) is 68.1 cm³/mol. The molecule has 1 N–H and O–H groups in total. The van der Waals surface area contributed by atoms with Crippen LogP contribution in [0.2, 0.25) is 0 Å². The van der Waals surface area contributed by atoms with Crippen molar-refractivity contribution in [2.75, 3.05) is 5.75 Å². The summed E-state index contributed by atoms with van der Waals surface area (Å²) in [5.41, 5.74) is 0.673. The molecule has 0 bridgehead atoms. The molecule has 2 aromatic rings. The van der Waals surface area contributed by atoms with E-state index < -0.39 is 5.97 Å². The molecule has 19 heavy (non-hydrogen) atoms. The number of rotatable bonds is 6. The lowest BCUT2D eigenvalue weighted by molar-refractivity contribution is -0.136. The van der Waals surface area contributed by atoms with Gasteiger partial charge in [-0.1, -0.05) is 5.16 Å². The molecule has 2 rings (SSSR count). The van der Waals surface area contributed by atoms with E-state index in [9.17, 15) is 9.18 Å². The number of nitrogens with zero attached hydrogens (tertiary/aromatic N) is 2. The van der Waals surface area contributed by atoms with Gasteiger partial charge in [0.25, 0.3) is 0 Å². The Labute approximate surface area is 112 Å². The first kappa shape index (κ1) is 13.5. The standard InChI is InChI=1S/C12H11FN2O3S/c13-9-3-1-8(2-4-9)12-14-10(18-15-12)7-19-6-5-11(16)17/h1-4H,5-7H2,(H,16,17). The average molecular weight is 282 g/mol. The van der Waals surface area contributed by atoms with Crippen LogP contribution in [0, 0.1) is 5.82 Å². The molecule has 0 saturated carbocycles. The number of benzene rings is 1. The van der Waals surface area contributed by atoms with E-state index in [0.717, 1.165) is 0 Å². The number of aliphatic carboxylic acids is 1. The number of carbonyl (C=O) groups is 1. The Hall–Kier alpha value is -1.89. The first-order chi connectivity index (χ1) is 9.15. The SMILES string of the molecule is O=C(O)CCSCc1nc(-c2ccc(F)cc2)no1. The molecule has 0 aliphatic rings. The number of hydrogen-bond donors (Lipinski definition) is 1. The third-order valence-electron chi connectivity index (χ3n) is 2.26. The van der Waals surface area contributed by atoms with E-state index in [-0.39, 0.29) is 12.2 Å². The number of aromatic nitrogens is 2. The lowest BCUT2D eigenvalue weighted by Crippen LogP contribution is -1.96. The Morgan fingerprint density at radius 3 is 2.79 bits per heavy atom. The zero-order valence-electron chi connectivity index (χ0n) is 9.88. The summed E-state index contributed by atoms with van der Waals surface area (Å²) in [5.74, 6) is 0.621. The normalized spacial score (nSPS) is 10.6. The van der Waals surface area contributed by atoms with Crippen LogP contribution in [0.3, 0.4) is 0 Å². The van der Waals surface area contributed by atoms with Crippen LogP contribution in [0.4, 0.5) is 4.39 Å². The van der Waals surface area contributed by atoms with Gasteiger partial charge in [0.15, 0.2) is 0 Å². The third kappa shape index (κ3) is 4.06. The second kappa shape index (κ2) is 6.33. The molecule has 0 fully saturated rings. The molecular formula is C12H11FN2O3S. The molecule has 0 aliphatic carbocycles. The zero-order valence-corrected chi connectivity index (χ0v) is 10.7. The number of carboxylic acid groups (broad SMARTS) is 1. The Balaban J connectivity index is 1.91. The second-order valence-electron chi connectivity index (χ2n) is 3.71. The third-order valence-corrected chi connectivity index (χ3v) is 3.20. The van der Waals surface area contributed by atoms with Gasteiger partial charge in [0.2, 0.25) is 11.7 Å². The highest BCUT2D eigenvalue weighted by atomic mass is 32.2. The Kier molecular flexibility index (Phi) is 4.51. The number of hydrogen-bond acceptors (Lipinski definition) is 5. The molecule has 0 saturated heterocycles. The van der Waals surface area contributed by atoms with Crippen molar-refractivity contribution < 1.29 is 18.8 Å². The van der Waals surface area contributed by atoms with Crippen molar-refractivity contribution in [1.82, 2.24) is 10.1 Å². The number of thioether (sulfide) groups is 1. The topological polar surface area (TPSA) is 76.2 Å². The highest BCUT2D eigenvalue weighted by Crippen LogP contribution is 2.18. The van der Waals surface area contributed by atoms with Gasteiger partial charge in [0.05, 0.1) is 12.2 Å². The molecule has 0 spiro atoms. The molecule has 0 aliphatic heterocycles. The van der Waals surface area contributed by atoms with Gasteiger partial charge in [-0.15, -0.1) is 0 Å². The van der Waals surface area contributed by atoms with E-state index in [1.54, 1.807) is 12.1 Å². The van der Waals surface area contributed by atoms with Crippen molar-refractivity contribution in [2.24, 2.45) is 0 Å². The smallest absolute Gasteiger partial charge is 0.304 e. The van der Waals surface area contributed by atoms with Crippen LogP contribution < -0.4 is 0 Å². The first-order valence-electron chi connectivity index (χ1n) is 5.53. The van der Waals surface area contributed by atoms with Crippen molar-refractivity contribution in [3.63, 3.8) is 0 Å². The van der Waals surface area contributed by atoms with Crippen molar-refractivity contribution in [2.45, 2.75) is 12.2 Å². The van der Waals surface area contributed by atoms with Crippen molar-refractivity contribution in [1.29, 1.82) is 0 Å². The van der Waals surface area contributed by atoms with E-state index >= 15 is 0 Å². The fraction of sp³-hybridized carbons (Fsp3) is 0.250. The van der Waals surface area contributed by atoms with Crippen LogP contribution in [0.25, 0.3) is 11.4 Å². The molecular weight excluding hydrogens is 271 g/mol. The lowest BCUT2D eigenvalue weighted by atomic mass is 10.2. The van der Waals surface area contributed by atoms with Crippen LogP contribution in [0.5, 0.6) is 0 Å². The maximum absolute atomic E-state index is 12.8. The van der Waals surface area contributed by atoms with E-state index in [1.807, 2.05) is 0 Å². The molecule has 0 atom stereocenters. The number of halogens is 1. The first-order valence-corrected chi connectivity index (χ1v) is 6.68. The molecule has 1 heterocycles. The maximum Gasteiger partial charge on any atom is 0.304 e. The van der Waals surface area contributed by atoms with Gasteiger partial charge >= 0.3 is 5.97 Å². The van der Waals surface area contributed by atoms with Crippen LogP contribution in [0.15, 0.2) is 28.8 Å². The van der Waals surface area contributed by atoms with Gasteiger partial charge in [-0.3, -0.25) is 4.79 Å². The highest BCUT2D eigenvalue weighted by Gasteiger charge is 2.09. The van der Waals surface area contributed by atoms with Gasteiger partial charge in [-0.2, -0.15) is 16.7 Å². The molecule has 5 nitrogen and oxygen atoms in total. The minimum Gasteiger partial charge on any atom is -0.481 e. The average Bonchev–Trinajstić information content (AvgIpc) is 2.84. The summed E-state index contributed by atoms with van der Waals surface area (Å²) in [6, 6.07) is 5.79. The summed E-state index contributed by atoms with van der Waals surface area (Å²) in [5, 5.41) is 12.3. The Bertz CT molecular complexity index is 556. The van der Waals surface area contributed by atoms with Crippen molar-refractivity contribution in [3.05, 3.63) is 36.0 Å². The van der Waals surface area contributed by atoms with Gasteiger partial charge in [-0.05, 0) is 24.3 Å². The monoisotopic (exact) mass is 282 g/mol. The molecule has 0 amide bonds. The van der Waals surface area contributed by atoms with Gasteiger partial charge in [0.1, 0.15) is 5.82 Å². The summed E-state index contributed by atoms with van der Waals surface area (Å²) in [4.78, 5) is 14.5. The van der Waals surface area contributed by atoms with Crippen molar-refractivity contribution in [3.8, 4) is 11.4 Å². The van der Waals surface area contributed by atoms with E-state index in [4.69, 9.17) is 9.63 Å². The Morgan fingerprint density at radius 1 is 1.37 bits per heavy atom.